The second-order valence-corrected chi connectivity index (χ2v) is 3.26. The Labute approximate surface area is 88.3 Å². The van der Waals surface area contributed by atoms with Gasteiger partial charge in [-0.1, -0.05) is 6.92 Å². The first-order valence-electron chi connectivity index (χ1n) is 4.66. The number of nitrogens with zero attached hydrogens (tertiary/aromatic N) is 1. The van der Waals surface area contributed by atoms with Gasteiger partial charge in [0, 0.05) is 13.0 Å². The molecule has 0 bridgehead atoms. The van der Waals surface area contributed by atoms with Crippen molar-refractivity contribution in [2.45, 2.75) is 19.8 Å². The third-order valence-corrected chi connectivity index (χ3v) is 1.81. The SMILES string of the molecule is C[C@@H](CCNC(=O)O)CC(=O)NCC#N. The average Bonchev–Trinajstić information content (AvgIpc) is 2.14. The highest BCUT2D eigenvalue weighted by Gasteiger charge is 2.08. The Balaban J connectivity index is 3.56. The quantitative estimate of drug-likeness (QED) is 0.552. The van der Waals surface area contributed by atoms with E-state index >= 15 is 0 Å². The van der Waals surface area contributed by atoms with Gasteiger partial charge in [0.25, 0.3) is 0 Å². The number of rotatable bonds is 6. The van der Waals surface area contributed by atoms with Crippen molar-refractivity contribution in [1.82, 2.24) is 10.6 Å². The van der Waals surface area contributed by atoms with Crippen molar-refractivity contribution in [2.24, 2.45) is 5.92 Å². The first-order chi connectivity index (χ1) is 7.06. The average molecular weight is 213 g/mol. The van der Waals surface area contributed by atoms with Gasteiger partial charge in [0.15, 0.2) is 0 Å². The molecule has 0 unspecified atom stereocenters. The Morgan fingerprint density at radius 1 is 1.47 bits per heavy atom. The summed E-state index contributed by atoms with van der Waals surface area (Å²) in [5.41, 5.74) is 0. The summed E-state index contributed by atoms with van der Waals surface area (Å²) in [5, 5.41) is 21.2. The molecule has 0 aliphatic carbocycles. The Morgan fingerprint density at radius 2 is 2.13 bits per heavy atom. The lowest BCUT2D eigenvalue weighted by Crippen LogP contribution is -2.27. The summed E-state index contributed by atoms with van der Waals surface area (Å²) in [7, 11) is 0. The minimum atomic E-state index is -1.06. The van der Waals surface area contributed by atoms with Crippen LogP contribution in [0.4, 0.5) is 4.79 Å². The third kappa shape index (κ3) is 8.56. The molecular weight excluding hydrogens is 198 g/mol. The molecule has 0 rings (SSSR count). The summed E-state index contributed by atoms with van der Waals surface area (Å²) in [6.45, 7) is 2.20. The highest BCUT2D eigenvalue weighted by atomic mass is 16.4. The number of nitrogens with one attached hydrogen (secondary N) is 2. The van der Waals surface area contributed by atoms with E-state index in [0.29, 0.717) is 19.4 Å². The van der Waals surface area contributed by atoms with Gasteiger partial charge in [-0.05, 0) is 12.3 Å². The van der Waals surface area contributed by atoms with E-state index in [1.165, 1.54) is 0 Å². The van der Waals surface area contributed by atoms with Crippen LogP contribution in [0.3, 0.4) is 0 Å². The molecule has 0 radical (unpaired) electrons. The summed E-state index contributed by atoms with van der Waals surface area (Å²) in [5.74, 6) is -0.0880. The predicted molar refractivity (Wildman–Crippen MR) is 53.0 cm³/mol. The molecule has 0 saturated carbocycles. The van der Waals surface area contributed by atoms with E-state index in [1.807, 2.05) is 13.0 Å². The van der Waals surface area contributed by atoms with Crippen LogP contribution in [0.1, 0.15) is 19.8 Å². The first kappa shape index (κ1) is 13.2. The van der Waals surface area contributed by atoms with E-state index in [1.54, 1.807) is 0 Å². The van der Waals surface area contributed by atoms with Gasteiger partial charge in [-0.15, -0.1) is 0 Å². The van der Waals surface area contributed by atoms with Crippen LogP contribution >= 0.6 is 0 Å². The third-order valence-electron chi connectivity index (χ3n) is 1.81. The largest absolute Gasteiger partial charge is 0.465 e. The van der Waals surface area contributed by atoms with Gasteiger partial charge >= 0.3 is 6.09 Å². The molecule has 1 atom stereocenters. The summed E-state index contributed by atoms with van der Waals surface area (Å²) >= 11 is 0. The van der Waals surface area contributed by atoms with Crippen molar-refractivity contribution in [1.29, 1.82) is 5.26 Å². The molecule has 0 aromatic heterocycles. The number of hydrogen-bond donors (Lipinski definition) is 3. The molecule has 0 aromatic rings. The van der Waals surface area contributed by atoms with Gasteiger partial charge < -0.3 is 15.7 Å². The van der Waals surface area contributed by atoms with Crippen LogP contribution in [0.25, 0.3) is 0 Å². The van der Waals surface area contributed by atoms with E-state index in [-0.39, 0.29) is 18.4 Å². The zero-order chi connectivity index (χ0) is 11.7. The fourth-order valence-corrected chi connectivity index (χ4v) is 1.05. The number of nitriles is 1. The standard InChI is InChI=1S/C9H15N3O3/c1-7(2-4-12-9(14)15)6-8(13)11-5-3-10/h7,12H,2,4-6H2,1H3,(H,11,13)(H,14,15)/t7-/m0/s1. The van der Waals surface area contributed by atoms with E-state index in [0.717, 1.165) is 0 Å². The van der Waals surface area contributed by atoms with Crippen LogP contribution in [0, 0.1) is 17.2 Å². The second kappa shape index (κ2) is 7.62. The summed E-state index contributed by atoms with van der Waals surface area (Å²) in [6.07, 6.45) is -0.147. The normalized spacial score (nSPS) is 11.2. The van der Waals surface area contributed by atoms with Gasteiger partial charge in [-0.3, -0.25) is 4.79 Å². The van der Waals surface area contributed by atoms with E-state index in [4.69, 9.17) is 10.4 Å². The summed E-state index contributed by atoms with van der Waals surface area (Å²) in [6, 6.07) is 1.81. The lowest BCUT2D eigenvalue weighted by Gasteiger charge is -2.09. The van der Waals surface area contributed by atoms with Crippen molar-refractivity contribution in [3.8, 4) is 6.07 Å². The van der Waals surface area contributed by atoms with Crippen molar-refractivity contribution >= 4 is 12.0 Å². The summed E-state index contributed by atoms with van der Waals surface area (Å²) < 4.78 is 0. The van der Waals surface area contributed by atoms with E-state index in [2.05, 4.69) is 10.6 Å². The molecule has 15 heavy (non-hydrogen) atoms. The molecule has 0 saturated heterocycles. The lowest BCUT2D eigenvalue weighted by molar-refractivity contribution is -0.121. The predicted octanol–water partition coefficient (Wildman–Crippen LogP) is 0.310. The van der Waals surface area contributed by atoms with E-state index in [9.17, 15) is 9.59 Å². The molecule has 0 fully saturated rings. The molecule has 6 nitrogen and oxygen atoms in total. The Hall–Kier alpha value is -1.77. The number of carbonyl (C=O) groups is 2. The molecule has 0 heterocycles. The van der Waals surface area contributed by atoms with E-state index < -0.39 is 6.09 Å². The fourth-order valence-electron chi connectivity index (χ4n) is 1.05. The van der Waals surface area contributed by atoms with Gasteiger partial charge in [0.1, 0.15) is 6.54 Å². The van der Waals surface area contributed by atoms with Gasteiger partial charge in [-0.25, -0.2) is 4.79 Å². The molecule has 3 N–H and O–H groups in total. The molecular formula is C9H15N3O3. The monoisotopic (exact) mass is 213 g/mol. The maximum atomic E-state index is 11.1. The van der Waals surface area contributed by atoms with Crippen LogP contribution in [0.15, 0.2) is 0 Å². The second-order valence-electron chi connectivity index (χ2n) is 3.26. The molecule has 0 aliphatic heterocycles. The topological polar surface area (TPSA) is 102 Å². The minimum absolute atomic E-state index is 0.0128. The van der Waals surface area contributed by atoms with Crippen molar-refractivity contribution < 1.29 is 14.7 Å². The highest BCUT2D eigenvalue weighted by molar-refractivity contribution is 5.76. The van der Waals surface area contributed by atoms with Gasteiger partial charge in [-0.2, -0.15) is 5.26 Å². The molecule has 0 aromatic carbocycles. The maximum absolute atomic E-state index is 11.1. The van der Waals surface area contributed by atoms with Gasteiger partial charge in [0.2, 0.25) is 5.91 Å². The van der Waals surface area contributed by atoms with Crippen LogP contribution in [-0.2, 0) is 4.79 Å². The highest BCUT2D eigenvalue weighted by Crippen LogP contribution is 2.05. The van der Waals surface area contributed by atoms with Gasteiger partial charge in [0.05, 0.1) is 6.07 Å². The molecule has 6 heteroatoms. The first-order valence-corrected chi connectivity index (χ1v) is 4.66. The molecule has 84 valence electrons. The Morgan fingerprint density at radius 3 is 2.67 bits per heavy atom. The smallest absolute Gasteiger partial charge is 0.404 e. The number of carbonyl (C=O) groups excluding carboxylic acids is 1. The van der Waals surface area contributed by atoms with Crippen LogP contribution in [0.5, 0.6) is 0 Å². The zero-order valence-corrected chi connectivity index (χ0v) is 8.62. The molecule has 2 amide bonds. The molecule has 0 spiro atoms. The lowest BCUT2D eigenvalue weighted by atomic mass is 10.0. The number of amides is 2. The number of carboxylic acid groups (broad SMARTS) is 1. The van der Waals surface area contributed by atoms with Crippen molar-refractivity contribution in [2.75, 3.05) is 13.1 Å². The van der Waals surface area contributed by atoms with Crippen LogP contribution in [0.2, 0.25) is 0 Å². The summed E-state index contributed by atoms with van der Waals surface area (Å²) in [4.78, 5) is 21.2. The van der Waals surface area contributed by atoms with Crippen LogP contribution < -0.4 is 10.6 Å². The fraction of sp³-hybridized carbons (Fsp3) is 0.667. The van der Waals surface area contributed by atoms with Crippen molar-refractivity contribution in [3.63, 3.8) is 0 Å². The van der Waals surface area contributed by atoms with Crippen LogP contribution in [-0.4, -0.2) is 30.2 Å². The Bertz CT molecular complexity index is 260. The zero-order valence-electron chi connectivity index (χ0n) is 8.62. The number of hydrogen-bond acceptors (Lipinski definition) is 3. The Kier molecular flexibility index (Phi) is 6.72. The van der Waals surface area contributed by atoms with Crippen molar-refractivity contribution in [3.05, 3.63) is 0 Å². The maximum Gasteiger partial charge on any atom is 0.404 e. The molecule has 0 aliphatic rings. The minimum Gasteiger partial charge on any atom is -0.465 e.